The fourth-order valence-corrected chi connectivity index (χ4v) is 1.55. The number of nitrogens with zero attached hydrogens (tertiary/aromatic N) is 2. The van der Waals surface area contributed by atoms with Crippen molar-refractivity contribution >= 4 is 17.6 Å². The van der Waals surface area contributed by atoms with Gasteiger partial charge in [-0.05, 0) is 17.7 Å². The van der Waals surface area contributed by atoms with E-state index in [1.54, 1.807) is 24.3 Å². The second-order valence-corrected chi connectivity index (χ2v) is 4.07. The molecule has 0 unspecified atom stereocenters. The molecule has 0 fully saturated rings. The second-order valence-electron chi connectivity index (χ2n) is 3.68. The van der Waals surface area contributed by atoms with Crippen molar-refractivity contribution in [2.75, 3.05) is 7.11 Å². The van der Waals surface area contributed by atoms with Crippen LogP contribution < -0.4 is 4.74 Å². The van der Waals surface area contributed by atoms with Gasteiger partial charge in [-0.15, -0.1) is 0 Å². The van der Waals surface area contributed by atoms with Gasteiger partial charge in [0.25, 0.3) is 0 Å². The van der Waals surface area contributed by atoms with Crippen LogP contribution >= 0.6 is 11.6 Å². The maximum Gasteiger partial charge on any atom is 0.309 e. The van der Waals surface area contributed by atoms with Gasteiger partial charge in [0, 0.05) is 6.07 Å². The molecule has 0 saturated carbocycles. The number of halogens is 1. The standard InChI is InChI=1S/C13H11ClN2O3.C2H6/c1-18-13(17)6-9-2-4-10(5-3-9)19-12-7-11(14)15-8-16-12;1-2/h2-5,7-8H,6H2,1H3;1-2H3. The van der Waals surface area contributed by atoms with Crippen LogP contribution in [0.3, 0.4) is 0 Å². The summed E-state index contributed by atoms with van der Waals surface area (Å²) in [6.07, 6.45) is 1.55. The summed E-state index contributed by atoms with van der Waals surface area (Å²) in [5, 5.41) is 0.312. The van der Waals surface area contributed by atoms with Gasteiger partial charge in [0.05, 0.1) is 13.5 Å². The molecule has 5 nitrogen and oxygen atoms in total. The van der Waals surface area contributed by atoms with E-state index in [0.29, 0.717) is 16.8 Å². The van der Waals surface area contributed by atoms with Crippen molar-refractivity contribution < 1.29 is 14.3 Å². The highest BCUT2D eigenvalue weighted by Gasteiger charge is 2.04. The SMILES string of the molecule is CC.COC(=O)Cc1ccc(Oc2cc(Cl)ncn2)cc1. The van der Waals surface area contributed by atoms with E-state index in [2.05, 4.69) is 14.7 Å². The lowest BCUT2D eigenvalue weighted by Crippen LogP contribution is -2.04. The molecule has 21 heavy (non-hydrogen) atoms. The minimum atomic E-state index is -0.281. The topological polar surface area (TPSA) is 61.3 Å². The Kier molecular flexibility index (Phi) is 7.18. The van der Waals surface area contributed by atoms with Gasteiger partial charge in [0.15, 0.2) is 0 Å². The number of hydrogen-bond acceptors (Lipinski definition) is 5. The molecule has 2 rings (SSSR count). The van der Waals surface area contributed by atoms with Gasteiger partial charge in [-0.3, -0.25) is 4.79 Å². The zero-order valence-corrected chi connectivity index (χ0v) is 12.9. The Bertz CT molecular complexity index is 573. The van der Waals surface area contributed by atoms with E-state index in [4.69, 9.17) is 16.3 Å². The van der Waals surface area contributed by atoms with E-state index in [-0.39, 0.29) is 12.4 Å². The predicted octanol–water partition coefficient (Wildman–Crippen LogP) is 3.66. The summed E-state index contributed by atoms with van der Waals surface area (Å²) in [7, 11) is 1.36. The Morgan fingerprint density at radius 3 is 2.43 bits per heavy atom. The number of methoxy groups -OCH3 is 1. The average Bonchev–Trinajstić information content (AvgIpc) is 2.51. The molecule has 6 heteroatoms. The fourth-order valence-electron chi connectivity index (χ4n) is 1.41. The number of rotatable bonds is 4. The molecule has 0 bridgehead atoms. The Morgan fingerprint density at radius 1 is 1.19 bits per heavy atom. The monoisotopic (exact) mass is 308 g/mol. The first-order valence-corrected chi connectivity index (χ1v) is 6.86. The molecule has 0 N–H and O–H groups in total. The summed E-state index contributed by atoms with van der Waals surface area (Å²) < 4.78 is 10.1. The molecule has 1 aromatic carbocycles. The summed E-state index contributed by atoms with van der Waals surface area (Å²) in [4.78, 5) is 18.8. The molecule has 0 saturated heterocycles. The van der Waals surface area contributed by atoms with Gasteiger partial charge in [0.2, 0.25) is 5.88 Å². The third-order valence-electron chi connectivity index (χ3n) is 2.33. The molecule has 0 atom stereocenters. The zero-order valence-electron chi connectivity index (χ0n) is 12.2. The van der Waals surface area contributed by atoms with E-state index in [9.17, 15) is 4.79 Å². The van der Waals surface area contributed by atoms with Crippen LogP contribution in [0.4, 0.5) is 0 Å². The Hall–Kier alpha value is -2.14. The smallest absolute Gasteiger partial charge is 0.309 e. The molecule has 0 amide bonds. The maximum absolute atomic E-state index is 11.1. The van der Waals surface area contributed by atoms with Gasteiger partial charge >= 0.3 is 5.97 Å². The summed E-state index contributed by atoms with van der Waals surface area (Å²) in [5.41, 5.74) is 0.847. The van der Waals surface area contributed by atoms with Gasteiger partial charge < -0.3 is 9.47 Å². The van der Waals surface area contributed by atoms with E-state index < -0.39 is 0 Å². The number of carbonyl (C=O) groups excluding carboxylic acids is 1. The van der Waals surface area contributed by atoms with E-state index in [1.807, 2.05) is 13.8 Å². The van der Waals surface area contributed by atoms with Crippen molar-refractivity contribution in [3.63, 3.8) is 0 Å². The van der Waals surface area contributed by atoms with Crippen LogP contribution in [-0.2, 0) is 16.0 Å². The molecule has 1 aromatic heterocycles. The molecule has 0 aliphatic carbocycles. The first-order valence-electron chi connectivity index (χ1n) is 6.48. The molecule has 0 aliphatic rings. The van der Waals surface area contributed by atoms with Crippen LogP contribution in [0.5, 0.6) is 11.6 Å². The first kappa shape index (κ1) is 16.9. The maximum atomic E-state index is 11.1. The molecule has 0 radical (unpaired) electrons. The molecule has 112 valence electrons. The fraction of sp³-hybridized carbons (Fsp3) is 0.267. The number of ether oxygens (including phenoxy) is 2. The van der Waals surface area contributed by atoms with Crippen molar-refractivity contribution in [2.24, 2.45) is 0 Å². The summed E-state index contributed by atoms with van der Waals surface area (Å²) in [6, 6.07) is 8.58. The highest BCUT2D eigenvalue weighted by atomic mass is 35.5. The van der Waals surface area contributed by atoms with Gasteiger partial charge in [0.1, 0.15) is 17.2 Å². The van der Waals surface area contributed by atoms with Crippen LogP contribution in [0.2, 0.25) is 5.15 Å². The lowest BCUT2D eigenvalue weighted by atomic mass is 10.1. The molecule has 0 aliphatic heterocycles. The lowest BCUT2D eigenvalue weighted by molar-refractivity contribution is -0.139. The zero-order chi connectivity index (χ0) is 15.7. The van der Waals surface area contributed by atoms with Gasteiger partial charge in [-0.25, -0.2) is 9.97 Å². The normalized spacial score (nSPS) is 9.33. The van der Waals surface area contributed by atoms with Gasteiger partial charge in [-0.2, -0.15) is 0 Å². The van der Waals surface area contributed by atoms with Gasteiger partial charge in [-0.1, -0.05) is 37.6 Å². The second kappa shape index (κ2) is 8.92. The third-order valence-corrected chi connectivity index (χ3v) is 2.54. The molecular weight excluding hydrogens is 292 g/mol. The Balaban J connectivity index is 0.00000106. The summed E-state index contributed by atoms with van der Waals surface area (Å²) in [6.45, 7) is 4.00. The highest BCUT2D eigenvalue weighted by molar-refractivity contribution is 6.29. The number of carbonyl (C=O) groups is 1. The van der Waals surface area contributed by atoms with Crippen LogP contribution in [0.25, 0.3) is 0 Å². The van der Waals surface area contributed by atoms with E-state index >= 15 is 0 Å². The van der Waals surface area contributed by atoms with Crippen LogP contribution in [-0.4, -0.2) is 23.0 Å². The number of hydrogen-bond donors (Lipinski definition) is 0. The highest BCUT2D eigenvalue weighted by Crippen LogP contribution is 2.21. The number of aromatic nitrogens is 2. The summed E-state index contributed by atoms with van der Waals surface area (Å²) in [5.74, 6) is 0.681. The molecule has 0 spiro atoms. The van der Waals surface area contributed by atoms with Crippen molar-refractivity contribution in [3.05, 3.63) is 47.4 Å². The third kappa shape index (κ3) is 5.79. The van der Waals surface area contributed by atoms with Crippen molar-refractivity contribution in [2.45, 2.75) is 20.3 Å². The van der Waals surface area contributed by atoms with Crippen LogP contribution in [0.1, 0.15) is 19.4 Å². The predicted molar refractivity (Wildman–Crippen MR) is 80.6 cm³/mol. The van der Waals surface area contributed by atoms with Crippen molar-refractivity contribution in [3.8, 4) is 11.6 Å². The Morgan fingerprint density at radius 2 is 1.86 bits per heavy atom. The van der Waals surface area contributed by atoms with Crippen LogP contribution in [0, 0.1) is 0 Å². The minimum Gasteiger partial charge on any atom is -0.469 e. The summed E-state index contributed by atoms with van der Waals surface area (Å²) >= 11 is 5.73. The molecule has 1 heterocycles. The quantitative estimate of drug-likeness (QED) is 0.637. The number of esters is 1. The van der Waals surface area contributed by atoms with Crippen molar-refractivity contribution in [1.29, 1.82) is 0 Å². The lowest BCUT2D eigenvalue weighted by Gasteiger charge is -2.05. The first-order chi connectivity index (χ1) is 10.2. The van der Waals surface area contributed by atoms with E-state index in [0.717, 1.165) is 5.56 Å². The minimum absolute atomic E-state index is 0.232. The molecule has 2 aromatic rings. The molecular formula is C15H17ClN2O3. The average molecular weight is 309 g/mol. The van der Waals surface area contributed by atoms with Crippen LogP contribution in [0.15, 0.2) is 36.7 Å². The van der Waals surface area contributed by atoms with E-state index in [1.165, 1.54) is 19.5 Å². The largest absolute Gasteiger partial charge is 0.469 e. The number of benzene rings is 1. The Labute approximate surface area is 128 Å². The van der Waals surface area contributed by atoms with Crippen molar-refractivity contribution in [1.82, 2.24) is 9.97 Å².